The average Bonchev–Trinajstić information content (AvgIpc) is 3.29. The molecule has 3 heterocycles. The topological polar surface area (TPSA) is 110 Å². The highest BCUT2D eigenvalue weighted by molar-refractivity contribution is 6.32. The van der Waals surface area contributed by atoms with E-state index in [2.05, 4.69) is 15.3 Å². The number of rotatable bonds is 6. The highest BCUT2D eigenvalue weighted by Gasteiger charge is 2.27. The molecule has 10 heteroatoms. The predicted molar refractivity (Wildman–Crippen MR) is 122 cm³/mol. The van der Waals surface area contributed by atoms with Crippen LogP contribution in [0.5, 0.6) is 5.75 Å². The SMILES string of the molecule is CNC(=O)c1cc2cnc(N3CCC[C@H]3CO)nc2n(Cc2ccc(OC)c(Cl)c2)c1=O. The molecule has 0 bridgehead atoms. The van der Waals surface area contributed by atoms with Crippen molar-refractivity contribution in [2.24, 2.45) is 0 Å². The van der Waals surface area contributed by atoms with Crippen molar-refractivity contribution in [2.75, 3.05) is 32.2 Å². The fourth-order valence-electron chi connectivity index (χ4n) is 4.01. The molecule has 2 N–H and O–H groups in total. The van der Waals surface area contributed by atoms with Gasteiger partial charge in [-0.1, -0.05) is 17.7 Å². The number of benzene rings is 1. The van der Waals surface area contributed by atoms with E-state index in [1.54, 1.807) is 24.4 Å². The van der Waals surface area contributed by atoms with Crippen LogP contribution in [0.2, 0.25) is 5.02 Å². The summed E-state index contributed by atoms with van der Waals surface area (Å²) in [7, 11) is 3.00. The van der Waals surface area contributed by atoms with Gasteiger partial charge in [0.1, 0.15) is 17.0 Å². The molecule has 1 aromatic carbocycles. The Balaban J connectivity index is 1.87. The van der Waals surface area contributed by atoms with Crippen molar-refractivity contribution in [1.82, 2.24) is 19.9 Å². The van der Waals surface area contributed by atoms with Crippen molar-refractivity contribution in [1.29, 1.82) is 0 Å². The summed E-state index contributed by atoms with van der Waals surface area (Å²) in [6.07, 6.45) is 3.39. The van der Waals surface area contributed by atoms with Crippen LogP contribution in [0.25, 0.3) is 11.0 Å². The van der Waals surface area contributed by atoms with Gasteiger partial charge in [0.25, 0.3) is 11.5 Å². The number of hydrogen-bond donors (Lipinski definition) is 2. The standard InChI is InChI=1S/C22H24ClN5O4/c1-24-20(30)16-9-14-10-25-22(27-7-3-4-15(27)12-29)26-19(14)28(21(16)31)11-13-5-6-18(32-2)17(23)8-13/h5-6,8-10,15,29H,3-4,7,11-12H2,1-2H3,(H,24,30)/t15-/m0/s1. The summed E-state index contributed by atoms with van der Waals surface area (Å²) in [4.78, 5) is 36.7. The third-order valence-electron chi connectivity index (χ3n) is 5.69. The second-order valence-electron chi connectivity index (χ2n) is 7.62. The summed E-state index contributed by atoms with van der Waals surface area (Å²) in [6, 6.07) is 6.70. The smallest absolute Gasteiger partial charge is 0.265 e. The van der Waals surface area contributed by atoms with Gasteiger partial charge in [0, 0.05) is 25.2 Å². The third-order valence-corrected chi connectivity index (χ3v) is 5.98. The maximum absolute atomic E-state index is 13.3. The third kappa shape index (κ3) is 4.01. The number of aromatic nitrogens is 3. The number of methoxy groups -OCH3 is 1. The van der Waals surface area contributed by atoms with Gasteiger partial charge in [-0.15, -0.1) is 0 Å². The van der Waals surface area contributed by atoms with E-state index in [1.807, 2.05) is 4.90 Å². The molecule has 1 aliphatic heterocycles. The fraction of sp³-hybridized carbons (Fsp3) is 0.364. The molecule has 9 nitrogen and oxygen atoms in total. The monoisotopic (exact) mass is 457 g/mol. The van der Waals surface area contributed by atoms with Gasteiger partial charge in [0.2, 0.25) is 5.95 Å². The minimum atomic E-state index is -0.484. The Bertz CT molecular complexity index is 1230. The molecule has 1 amide bonds. The average molecular weight is 458 g/mol. The number of pyridine rings is 1. The molecule has 0 spiro atoms. The van der Waals surface area contributed by atoms with Gasteiger partial charge in [-0.25, -0.2) is 4.98 Å². The van der Waals surface area contributed by atoms with Gasteiger partial charge in [-0.2, -0.15) is 4.98 Å². The first-order valence-electron chi connectivity index (χ1n) is 10.3. The van der Waals surface area contributed by atoms with Crippen molar-refractivity contribution in [3.05, 3.63) is 57.0 Å². The molecular weight excluding hydrogens is 434 g/mol. The van der Waals surface area contributed by atoms with Crippen LogP contribution in [0.3, 0.4) is 0 Å². The van der Waals surface area contributed by atoms with Crippen LogP contribution in [-0.2, 0) is 6.54 Å². The lowest BCUT2D eigenvalue weighted by atomic mass is 10.1. The zero-order valence-electron chi connectivity index (χ0n) is 17.8. The number of carbonyl (C=O) groups excluding carboxylic acids is 1. The van der Waals surface area contributed by atoms with Crippen molar-refractivity contribution in [3.8, 4) is 5.75 Å². The number of aliphatic hydroxyl groups is 1. The quantitative estimate of drug-likeness (QED) is 0.581. The number of hydrogen-bond acceptors (Lipinski definition) is 7. The van der Waals surface area contributed by atoms with E-state index in [0.29, 0.717) is 27.8 Å². The summed E-state index contributed by atoms with van der Waals surface area (Å²) in [5.41, 5.74) is 0.699. The normalized spacial score (nSPS) is 15.9. The molecule has 1 atom stereocenters. The second kappa shape index (κ2) is 9.13. The van der Waals surface area contributed by atoms with Crippen molar-refractivity contribution in [3.63, 3.8) is 0 Å². The summed E-state index contributed by atoms with van der Waals surface area (Å²) in [5.74, 6) is 0.491. The van der Waals surface area contributed by atoms with E-state index < -0.39 is 11.5 Å². The van der Waals surface area contributed by atoms with Gasteiger partial charge in [0.05, 0.1) is 31.3 Å². The summed E-state index contributed by atoms with van der Waals surface area (Å²) >= 11 is 6.27. The van der Waals surface area contributed by atoms with Crippen LogP contribution in [0.1, 0.15) is 28.8 Å². The number of aliphatic hydroxyl groups excluding tert-OH is 1. The second-order valence-corrected chi connectivity index (χ2v) is 8.03. The van der Waals surface area contributed by atoms with Crippen molar-refractivity contribution < 1.29 is 14.6 Å². The van der Waals surface area contributed by atoms with Crippen LogP contribution in [0.4, 0.5) is 5.95 Å². The highest BCUT2D eigenvalue weighted by atomic mass is 35.5. The van der Waals surface area contributed by atoms with Gasteiger partial charge < -0.3 is 20.1 Å². The van der Waals surface area contributed by atoms with E-state index >= 15 is 0 Å². The molecule has 4 rings (SSSR count). The molecule has 3 aromatic rings. The van der Waals surface area contributed by atoms with E-state index in [-0.39, 0.29) is 24.8 Å². The number of nitrogens with zero attached hydrogens (tertiary/aromatic N) is 4. The minimum absolute atomic E-state index is 0.00497. The molecule has 0 aliphatic carbocycles. The number of carbonyl (C=O) groups is 1. The Morgan fingerprint density at radius 1 is 1.38 bits per heavy atom. The van der Waals surface area contributed by atoms with Crippen LogP contribution in [0.15, 0.2) is 35.3 Å². The lowest BCUT2D eigenvalue weighted by Gasteiger charge is -2.23. The van der Waals surface area contributed by atoms with Crippen LogP contribution >= 0.6 is 11.6 Å². The first-order valence-corrected chi connectivity index (χ1v) is 10.7. The maximum Gasteiger partial charge on any atom is 0.265 e. The number of nitrogens with one attached hydrogen (secondary N) is 1. The summed E-state index contributed by atoms with van der Waals surface area (Å²) < 4.78 is 6.65. The molecule has 0 radical (unpaired) electrons. The molecule has 1 fully saturated rings. The molecule has 32 heavy (non-hydrogen) atoms. The van der Waals surface area contributed by atoms with E-state index in [9.17, 15) is 14.7 Å². The number of fused-ring (bicyclic) bond motifs is 1. The largest absolute Gasteiger partial charge is 0.495 e. The fourth-order valence-corrected chi connectivity index (χ4v) is 4.29. The van der Waals surface area contributed by atoms with E-state index in [1.165, 1.54) is 24.8 Å². The molecule has 2 aromatic heterocycles. The minimum Gasteiger partial charge on any atom is -0.495 e. The maximum atomic E-state index is 13.3. The predicted octanol–water partition coefficient (Wildman–Crippen LogP) is 1.82. The number of halogens is 1. The van der Waals surface area contributed by atoms with E-state index in [4.69, 9.17) is 16.3 Å². The van der Waals surface area contributed by atoms with Crippen LogP contribution in [-0.4, -0.2) is 58.9 Å². The van der Waals surface area contributed by atoms with Gasteiger partial charge in [0.15, 0.2) is 0 Å². The lowest BCUT2D eigenvalue weighted by molar-refractivity contribution is 0.0961. The first kappa shape index (κ1) is 22.0. The zero-order valence-corrected chi connectivity index (χ0v) is 18.6. The first-order chi connectivity index (χ1) is 15.5. The van der Waals surface area contributed by atoms with E-state index in [0.717, 1.165) is 24.9 Å². The summed E-state index contributed by atoms with van der Waals surface area (Å²) in [6.45, 7) is 0.892. The molecule has 1 saturated heterocycles. The molecule has 1 aliphatic rings. The summed E-state index contributed by atoms with van der Waals surface area (Å²) in [5, 5.41) is 13.2. The Hall–Kier alpha value is -3.17. The molecule has 0 unspecified atom stereocenters. The molecule has 168 valence electrons. The van der Waals surface area contributed by atoms with Gasteiger partial charge in [-0.05, 0) is 36.6 Å². The molecule has 0 saturated carbocycles. The Labute approximate surface area is 189 Å². The van der Waals surface area contributed by atoms with Crippen LogP contribution < -0.4 is 20.5 Å². The van der Waals surface area contributed by atoms with Crippen molar-refractivity contribution >= 4 is 34.5 Å². The Morgan fingerprint density at radius 2 is 2.19 bits per heavy atom. The lowest BCUT2D eigenvalue weighted by Crippen LogP contribution is -2.35. The Morgan fingerprint density at radius 3 is 2.88 bits per heavy atom. The van der Waals surface area contributed by atoms with Gasteiger partial charge in [-0.3, -0.25) is 14.2 Å². The number of amides is 1. The number of ether oxygens (including phenoxy) is 1. The number of anilines is 1. The van der Waals surface area contributed by atoms with Crippen molar-refractivity contribution in [2.45, 2.75) is 25.4 Å². The molecular formula is C22H24ClN5O4. The highest BCUT2D eigenvalue weighted by Crippen LogP contribution is 2.27. The zero-order chi connectivity index (χ0) is 22.8. The van der Waals surface area contributed by atoms with Gasteiger partial charge >= 0.3 is 0 Å². The van der Waals surface area contributed by atoms with Crippen LogP contribution in [0, 0.1) is 0 Å². The Kier molecular flexibility index (Phi) is 6.29.